The minimum absolute atomic E-state index is 0.0418. The maximum absolute atomic E-state index is 14.1. The van der Waals surface area contributed by atoms with E-state index in [1.807, 2.05) is 0 Å². The second-order valence-electron chi connectivity index (χ2n) is 13.0. The zero-order valence-electron chi connectivity index (χ0n) is 28.2. The summed E-state index contributed by atoms with van der Waals surface area (Å²) in [6, 6.07) is 8.72. The number of carbonyl (C=O) groups is 2. The third-order valence-corrected chi connectivity index (χ3v) is 7.99. The summed E-state index contributed by atoms with van der Waals surface area (Å²) in [4.78, 5) is 32.0. The van der Waals surface area contributed by atoms with Crippen LogP contribution in [0, 0.1) is 19.3 Å². The van der Waals surface area contributed by atoms with Gasteiger partial charge in [-0.1, -0.05) is 50.2 Å². The predicted molar refractivity (Wildman–Crippen MR) is 182 cm³/mol. The standard InChI is InChI=1S/C34H51N9O4/c1-20-17-24(44)18-21(2)28(20)29(42-30(45)25(36)9-8-16-39-33(37)38)31(46)40-26(10-6-7-15-35)32-41-27(43-47-32)19-22-11-13-23(14-12-22)34(3,4)5/h11-14,17-18,25-26,29,44H,6-10,15-16,19,35-36H2,1-5H3,(H,40,46)(H,42,45)(H4,37,38,39)/t25-,26+,29+/m1/s1. The molecule has 0 bridgehead atoms. The molecule has 3 atom stereocenters. The maximum Gasteiger partial charge on any atom is 0.249 e. The quantitative estimate of drug-likeness (QED) is 0.0642. The van der Waals surface area contributed by atoms with Crippen LogP contribution in [0.25, 0.3) is 0 Å². The fourth-order valence-corrected chi connectivity index (χ4v) is 5.39. The van der Waals surface area contributed by atoms with Gasteiger partial charge in [-0.05, 0) is 97.9 Å². The van der Waals surface area contributed by atoms with E-state index in [4.69, 9.17) is 27.1 Å². The summed E-state index contributed by atoms with van der Waals surface area (Å²) in [7, 11) is 0. The largest absolute Gasteiger partial charge is 0.508 e. The summed E-state index contributed by atoms with van der Waals surface area (Å²) >= 11 is 0. The Morgan fingerprint density at radius 2 is 1.66 bits per heavy atom. The van der Waals surface area contributed by atoms with Gasteiger partial charge in [0.25, 0.3) is 0 Å². The number of aromatic nitrogens is 2. The molecule has 0 radical (unpaired) electrons. The molecule has 256 valence electrons. The number of unbranched alkanes of at least 4 members (excludes halogenated alkanes) is 1. The van der Waals surface area contributed by atoms with Gasteiger partial charge in [0, 0.05) is 13.0 Å². The first-order valence-electron chi connectivity index (χ1n) is 16.1. The molecular weight excluding hydrogens is 598 g/mol. The second kappa shape index (κ2) is 16.9. The Labute approximate surface area is 277 Å². The minimum Gasteiger partial charge on any atom is -0.508 e. The third kappa shape index (κ3) is 11.1. The molecule has 13 nitrogen and oxygen atoms in total. The lowest BCUT2D eigenvalue weighted by Crippen LogP contribution is -2.48. The molecule has 0 aliphatic heterocycles. The van der Waals surface area contributed by atoms with Gasteiger partial charge in [-0.25, -0.2) is 0 Å². The van der Waals surface area contributed by atoms with Crippen molar-refractivity contribution in [3.8, 4) is 5.75 Å². The van der Waals surface area contributed by atoms with Gasteiger partial charge in [0.2, 0.25) is 17.7 Å². The molecule has 0 aliphatic rings. The number of nitrogens with one attached hydrogen (secondary N) is 4. The van der Waals surface area contributed by atoms with Crippen molar-refractivity contribution in [3.63, 3.8) is 0 Å². The Balaban J connectivity index is 1.84. The molecule has 3 aromatic rings. The summed E-state index contributed by atoms with van der Waals surface area (Å²) in [5.74, 6) is -0.372. The number of guanidine groups is 1. The van der Waals surface area contributed by atoms with Gasteiger partial charge in [0.15, 0.2) is 11.8 Å². The van der Waals surface area contributed by atoms with E-state index in [-0.39, 0.29) is 23.0 Å². The topological polar surface area (TPSA) is 231 Å². The number of rotatable bonds is 16. The molecule has 0 saturated heterocycles. The van der Waals surface area contributed by atoms with Crippen LogP contribution in [-0.2, 0) is 21.4 Å². The number of amides is 2. The van der Waals surface area contributed by atoms with Crippen LogP contribution in [0.1, 0.15) is 104 Å². The lowest BCUT2D eigenvalue weighted by molar-refractivity contribution is -0.130. The van der Waals surface area contributed by atoms with Gasteiger partial charge >= 0.3 is 0 Å². The maximum atomic E-state index is 14.1. The molecule has 11 N–H and O–H groups in total. The van der Waals surface area contributed by atoms with Crippen LogP contribution >= 0.6 is 0 Å². The molecule has 2 aromatic carbocycles. The van der Waals surface area contributed by atoms with E-state index >= 15 is 0 Å². The van der Waals surface area contributed by atoms with E-state index in [1.54, 1.807) is 26.0 Å². The molecular formula is C34H51N9O4. The van der Waals surface area contributed by atoms with E-state index in [2.05, 4.69) is 71.1 Å². The highest BCUT2D eigenvalue weighted by Gasteiger charge is 2.31. The number of nitrogens with two attached hydrogens (primary N) is 3. The SMILES string of the molecule is Cc1cc(O)cc(C)c1[C@H](NC(=O)[C@H](N)CCCNC(=N)N)C(=O)N[C@@H](CCCCN)c1nc(Cc2ccc(C(C)(C)C)cc2)no1. The second-order valence-corrected chi connectivity index (χ2v) is 13.0. The molecule has 1 aromatic heterocycles. The Hall–Kier alpha value is -4.49. The van der Waals surface area contributed by atoms with Crippen molar-refractivity contribution in [3.05, 3.63) is 75.9 Å². The minimum atomic E-state index is -1.12. The average molecular weight is 650 g/mol. The molecule has 47 heavy (non-hydrogen) atoms. The number of hydrogen-bond acceptors (Lipinski definition) is 9. The molecule has 0 spiro atoms. The molecule has 3 rings (SSSR count). The van der Waals surface area contributed by atoms with Crippen LogP contribution in [0.15, 0.2) is 40.9 Å². The van der Waals surface area contributed by atoms with E-state index < -0.39 is 29.9 Å². The van der Waals surface area contributed by atoms with Gasteiger partial charge in [-0.3, -0.25) is 15.0 Å². The summed E-state index contributed by atoms with van der Waals surface area (Å²) in [6.07, 6.45) is 3.17. The highest BCUT2D eigenvalue weighted by atomic mass is 16.5. The van der Waals surface area contributed by atoms with Crippen molar-refractivity contribution in [1.82, 2.24) is 26.1 Å². The summed E-state index contributed by atoms with van der Waals surface area (Å²) < 4.78 is 5.67. The van der Waals surface area contributed by atoms with Crippen molar-refractivity contribution >= 4 is 17.8 Å². The monoisotopic (exact) mass is 649 g/mol. The van der Waals surface area contributed by atoms with Gasteiger partial charge in [0.05, 0.1) is 6.04 Å². The van der Waals surface area contributed by atoms with E-state index in [1.165, 1.54) is 5.56 Å². The first-order chi connectivity index (χ1) is 22.2. The highest BCUT2D eigenvalue weighted by molar-refractivity contribution is 5.91. The molecule has 13 heteroatoms. The molecule has 0 saturated carbocycles. The van der Waals surface area contributed by atoms with Gasteiger partial charge in [-0.15, -0.1) is 0 Å². The number of phenols is 1. The van der Waals surface area contributed by atoms with Crippen LogP contribution < -0.4 is 33.2 Å². The Morgan fingerprint density at radius 3 is 2.26 bits per heavy atom. The van der Waals surface area contributed by atoms with Crippen molar-refractivity contribution in [2.75, 3.05) is 13.1 Å². The molecule has 0 unspecified atom stereocenters. The van der Waals surface area contributed by atoms with E-state index in [0.29, 0.717) is 67.7 Å². The van der Waals surface area contributed by atoms with Gasteiger partial charge in [-0.2, -0.15) is 4.98 Å². The lowest BCUT2D eigenvalue weighted by Gasteiger charge is -2.26. The molecule has 1 heterocycles. The molecule has 2 amide bonds. The van der Waals surface area contributed by atoms with Crippen molar-refractivity contribution in [1.29, 1.82) is 5.41 Å². The zero-order chi connectivity index (χ0) is 34.7. The first kappa shape index (κ1) is 37.0. The van der Waals surface area contributed by atoms with Crippen LogP contribution in [0.2, 0.25) is 0 Å². The number of nitrogens with zero attached hydrogens (tertiary/aromatic N) is 2. The fraction of sp³-hybridized carbons (Fsp3) is 0.500. The summed E-state index contributed by atoms with van der Waals surface area (Å²) in [6.45, 7) is 10.9. The molecule has 0 fully saturated rings. The van der Waals surface area contributed by atoms with Crippen LogP contribution in [0.3, 0.4) is 0 Å². The number of carbonyl (C=O) groups excluding carboxylic acids is 2. The fourth-order valence-electron chi connectivity index (χ4n) is 5.39. The average Bonchev–Trinajstić information content (AvgIpc) is 3.45. The van der Waals surface area contributed by atoms with Crippen molar-refractivity contribution in [2.24, 2.45) is 17.2 Å². The van der Waals surface area contributed by atoms with E-state index in [9.17, 15) is 14.7 Å². The van der Waals surface area contributed by atoms with Crippen LogP contribution in [0.5, 0.6) is 5.75 Å². The Kier molecular flexibility index (Phi) is 13.3. The Bertz CT molecular complexity index is 1470. The lowest BCUT2D eigenvalue weighted by atomic mass is 9.86. The summed E-state index contributed by atoms with van der Waals surface area (Å²) in [5.41, 5.74) is 21.4. The number of hydrogen-bond donors (Lipinski definition) is 8. The predicted octanol–water partition coefficient (Wildman–Crippen LogP) is 3.01. The van der Waals surface area contributed by atoms with Crippen LogP contribution in [-0.4, -0.2) is 52.2 Å². The smallest absolute Gasteiger partial charge is 0.249 e. The Morgan fingerprint density at radius 1 is 1.00 bits per heavy atom. The number of aryl methyl sites for hydroxylation is 2. The van der Waals surface area contributed by atoms with Gasteiger partial charge in [0.1, 0.15) is 17.8 Å². The number of aromatic hydroxyl groups is 1. The number of phenolic OH excluding ortho intramolecular Hbond substituents is 1. The number of benzene rings is 2. The van der Waals surface area contributed by atoms with Crippen LogP contribution in [0.4, 0.5) is 0 Å². The van der Waals surface area contributed by atoms with Crippen molar-refractivity contribution in [2.45, 2.75) is 96.7 Å². The highest BCUT2D eigenvalue weighted by Crippen LogP contribution is 2.29. The third-order valence-electron chi connectivity index (χ3n) is 7.99. The molecule has 0 aliphatic carbocycles. The summed E-state index contributed by atoms with van der Waals surface area (Å²) in [5, 5.41) is 30.2. The normalized spacial score (nSPS) is 13.4. The van der Waals surface area contributed by atoms with Crippen molar-refractivity contribution < 1.29 is 19.2 Å². The van der Waals surface area contributed by atoms with E-state index in [0.717, 1.165) is 12.0 Å². The van der Waals surface area contributed by atoms with Gasteiger partial charge < -0.3 is 42.8 Å². The first-order valence-corrected chi connectivity index (χ1v) is 16.1. The zero-order valence-corrected chi connectivity index (χ0v) is 28.2.